The summed E-state index contributed by atoms with van der Waals surface area (Å²) in [5.74, 6) is -1.47. The first-order chi connectivity index (χ1) is 14.3. The molecule has 1 heterocycles. The molecule has 2 bridgehead atoms. The van der Waals surface area contributed by atoms with Gasteiger partial charge >= 0.3 is 0 Å². The van der Waals surface area contributed by atoms with Gasteiger partial charge in [0.05, 0.1) is 33.6 Å². The van der Waals surface area contributed by atoms with Gasteiger partial charge in [0.1, 0.15) is 11.6 Å². The predicted molar refractivity (Wildman–Crippen MR) is 102 cm³/mol. The van der Waals surface area contributed by atoms with Crippen LogP contribution in [-0.2, 0) is 0 Å². The van der Waals surface area contributed by atoms with Gasteiger partial charge in [-0.05, 0) is 47.8 Å². The second-order valence-corrected chi connectivity index (χ2v) is 7.73. The van der Waals surface area contributed by atoms with Gasteiger partial charge < -0.3 is 0 Å². The summed E-state index contributed by atoms with van der Waals surface area (Å²) in [6, 6.07) is 5.78. The molecule has 0 saturated carbocycles. The quantitative estimate of drug-likeness (QED) is 0.582. The van der Waals surface area contributed by atoms with Crippen LogP contribution >= 0.6 is 0 Å². The fourth-order valence-corrected chi connectivity index (χ4v) is 5.11. The van der Waals surface area contributed by atoms with E-state index in [1.54, 1.807) is 0 Å². The minimum Gasteiger partial charge on any atom is -0.298 e. The molecule has 152 valence electrons. The Labute approximate surface area is 169 Å². The van der Waals surface area contributed by atoms with Crippen molar-refractivity contribution in [3.63, 3.8) is 0 Å². The summed E-state index contributed by atoms with van der Waals surface area (Å²) in [5, 5.41) is 26.4. The van der Waals surface area contributed by atoms with Gasteiger partial charge in [-0.1, -0.05) is 12.2 Å². The molecule has 2 aliphatic carbocycles. The van der Waals surface area contributed by atoms with E-state index in [1.807, 2.05) is 12.2 Å². The highest BCUT2D eigenvalue weighted by molar-refractivity contribution is 5.56. The van der Waals surface area contributed by atoms with Crippen molar-refractivity contribution >= 4 is 11.4 Å². The van der Waals surface area contributed by atoms with Crippen LogP contribution in [0.4, 0.5) is 20.2 Å². The number of nitro groups is 2. The Morgan fingerprint density at radius 1 is 0.933 bits per heavy atom. The average Bonchev–Trinajstić information content (AvgIpc) is 3.40. The van der Waals surface area contributed by atoms with Crippen molar-refractivity contribution in [2.75, 3.05) is 0 Å². The monoisotopic (exact) mass is 411 g/mol. The van der Waals surface area contributed by atoms with Crippen LogP contribution in [0.3, 0.4) is 0 Å². The van der Waals surface area contributed by atoms with Gasteiger partial charge in [-0.25, -0.2) is 8.78 Å². The molecule has 1 fully saturated rings. The summed E-state index contributed by atoms with van der Waals surface area (Å²) in [7, 11) is 0. The summed E-state index contributed by atoms with van der Waals surface area (Å²) in [6.07, 6.45) is 4.76. The second kappa shape index (κ2) is 6.53. The fourth-order valence-electron chi connectivity index (χ4n) is 5.11. The third kappa shape index (κ3) is 2.66. The zero-order chi connectivity index (χ0) is 21.2. The third-order valence-corrected chi connectivity index (χ3v) is 6.23. The number of nitrogens with one attached hydrogen (secondary N) is 1. The Morgan fingerprint density at radius 3 is 2.17 bits per heavy atom. The van der Waals surface area contributed by atoms with Gasteiger partial charge in [0.25, 0.3) is 11.4 Å². The van der Waals surface area contributed by atoms with E-state index >= 15 is 0 Å². The van der Waals surface area contributed by atoms with Crippen molar-refractivity contribution in [2.24, 2.45) is 11.8 Å². The molecule has 0 aromatic heterocycles. The predicted octanol–water partition coefficient (Wildman–Crippen LogP) is 4.67. The van der Waals surface area contributed by atoms with Crippen molar-refractivity contribution in [1.82, 2.24) is 5.32 Å². The number of rotatable bonds is 4. The maximum absolute atomic E-state index is 13.7. The zero-order valence-electron chi connectivity index (χ0n) is 15.4. The van der Waals surface area contributed by atoms with Gasteiger partial charge in [0.15, 0.2) is 0 Å². The maximum atomic E-state index is 13.7. The number of hydrogen-bond donors (Lipinski definition) is 1. The third-order valence-electron chi connectivity index (χ3n) is 6.23. The lowest BCUT2D eigenvalue weighted by molar-refractivity contribution is -0.386. The second-order valence-electron chi connectivity index (χ2n) is 7.73. The minimum absolute atomic E-state index is 0.0988. The maximum Gasteiger partial charge on any atom is 0.277 e. The van der Waals surface area contributed by atoms with Crippen LogP contribution in [-0.4, -0.2) is 9.85 Å². The van der Waals surface area contributed by atoms with Crippen molar-refractivity contribution < 1.29 is 18.6 Å². The molecule has 1 saturated heterocycles. The Hall–Kier alpha value is -3.46. The summed E-state index contributed by atoms with van der Waals surface area (Å²) in [6.45, 7) is 0. The molecule has 9 heteroatoms. The molecule has 30 heavy (non-hydrogen) atoms. The first kappa shape index (κ1) is 18.6. The van der Waals surface area contributed by atoms with E-state index in [2.05, 4.69) is 5.32 Å². The number of fused-ring (bicyclic) bond motifs is 4. The first-order valence-electron chi connectivity index (χ1n) is 9.40. The van der Waals surface area contributed by atoms with E-state index in [-0.39, 0.29) is 23.2 Å². The summed E-state index contributed by atoms with van der Waals surface area (Å²) in [5.41, 5.74) is 1.92. The molecule has 1 aliphatic heterocycles. The molecule has 3 aliphatic rings. The summed E-state index contributed by atoms with van der Waals surface area (Å²) < 4.78 is 27.4. The van der Waals surface area contributed by atoms with Crippen molar-refractivity contribution in [2.45, 2.75) is 18.5 Å². The number of halogens is 2. The standard InChI is InChI=1S/C21H15F2N3O4/c22-12-3-5-14(16(8-12)25(27)28)20-18-10-1-2-11(7-10)19(18)21(24-20)15-6-4-13(23)9-17(15)26(29)30/h1-6,8-10,18,20-21,24H,7H2. The highest BCUT2D eigenvalue weighted by atomic mass is 19.1. The zero-order valence-corrected chi connectivity index (χ0v) is 15.4. The van der Waals surface area contributed by atoms with Gasteiger partial charge in [-0.2, -0.15) is 0 Å². The highest BCUT2D eigenvalue weighted by Gasteiger charge is 2.52. The van der Waals surface area contributed by atoms with Crippen molar-refractivity contribution in [1.29, 1.82) is 0 Å². The summed E-state index contributed by atoms with van der Waals surface area (Å²) in [4.78, 5) is 21.9. The SMILES string of the molecule is O=[N+]([O-])c1cc(F)ccc1C1NC(c2ccc(F)cc2[N+](=O)[O-])C2C1=C1C=CC2C1. The Morgan fingerprint density at radius 2 is 1.53 bits per heavy atom. The molecule has 2 aromatic carbocycles. The molecular weight excluding hydrogens is 396 g/mol. The molecule has 5 rings (SSSR count). The van der Waals surface area contributed by atoms with Crippen LogP contribution in [0.2, 0.25) is 0 Å². The van der Waals surface area contributed by atoms with E-state index < -0.39 is 33.6 Å². The van der Waals surface area contributed by atoms with Crippen molar-refractivity contribution in [3.05, 3.63) is 103 Å². The normalized spacial score (nSPS) is 26.3. The first-order valence-corrected chi connectivity index (χ1v) is 9.40. The molecule has 4 atom stereocenters. The van der Waals surface area contributed by atoms with Crippen LogP contribution in [0, 0.1) is 43.7 Å². The molecule has 4 unspecified atom stereocenters. The van der Waals surface area contributed by atoms with Crippen LogP contribution < -0.4 is 5.32 Å². The molecule has 1 N–H and O–H groups in total. The molecule has 7 nitrogen and oxygen atoms in total. The van der Waals surface area contributed by atoms with Gasteiger partial charge in [-0.3, -0.25) is 25.5 Å². The highest BCUT2D eigenvalue weighted by Crippen LogP contribution is 2.59. The van der Waals surface area contributed by atoms with Crippen LogP contribution in [0.15, 0.2) is 59.7 Å². The number of nitro benzene ring substituents is 2. The van der Waals surface area contributed by atoms with Crippen LogP contribution in [0.5, 0.6) is 0 Å². The number of allylic oxidation sites excluding steroid dienone is 3. The van der Waals surface area contributed by atoms with Gasteiger partial charge in [-0.15, -0.1) is 0 Å². The summed E-state index contributed by atoms with van der Waals surface area (Å²) >= 11 is 0. The van der Waals surface area contributed by atoms with E-state index in [9.17, 15) is 29.0 Å². The fraction of sp³-hybridized carbons (Fsp3) is 0.238. The lowest BCUT2D eigenvalue weighted by Crippen LogP contribution is -2.24. The average molecular weight is 411 g/mol. The molecule has 0 spiro atoms. The molecular formula is C21H15F2N3O4. The number of hydrogen-bond acceptors (Lipinski definition) is 5. The van der Waals surface area contributed by atoms with Crippen molar-refractivity contribution in [3.8, 4) is 0 Å². The van der Waals surface area contributed by atoms with Gasteiger partial charge in [0.2, 0.25) is 0 Å². The van der Waals surface area contributed by atoms with Crippen LogP contribution in [0.25, 0.3) is 0 Å². The van der Waals surface area contributed by atoms with E-state index in [4.69, 9.17) is 0 Å². The topological polar surface area (TPSA) is 98.3 Å². The van der Waals surface area contributed by atoms with E-state index in [1.165, 1.54) is 24.3 Å². The molecule has 0 amide bonds. The van der Waals surface area contributed by atoms with E-state index in [0.717, 1.165) is 29.7 Å². The lowest BCUT2D eigenvalue weighted by Gasteiger charge is -2.22. The lowest BCUT2D eigenvalue weighted by atomic mass is 9.81. The smallest absolute Gasteiger partial charge is 0.277 e. The van der Waals surface area contributed by atoms with Crippen LogP contribution in [0.1, 0.15) is 29.6 Å². The number of nitrogens with zero attached hydrogens (tertiary/aromatic N) is 2. The Kier molecular flexibility index (Phi) is 4.04. The molecule has 2 aromatic rings. The van der Waals surface area contributed by atoms with Gasteiger partial charge in [0, 0.05) is 17.5 Å². The Balaban J connectivity index is 1.66. The number of benzene rings is 2. The minimum atomic E-state index is -0.712. The molecule has 0 radical (unpaired) electrons. The largest absolute Gasteiger partial charge is 0.298 e. The Bertz CT molecular complexity index is 1180. The van der Waals surface area contributed by atoms with E-state index in [0.29, 0.717) is 11.1 Å².